The zero-order valence-corrected chi connectivity index (χ0v) is 22.6. The lowest BCUT2D eigenvalue weighted by atomic mass is 10.1. The Kier molecular flexibility index (Phi) is 11.4. The van der Waals surface area contributed by atoms with Crippen molar-refractivity contribution in [2.24, 2.45) is 4.99 Å². The first-order valence-electron chi connectivity index (χ1n) is 11.4. The molecule has 1 fully saturated rings. The molecule has 3 rings (SSSR count). The molecule has 2 N–H and O–H groups in total. The van der Waals surface area contributed by atoms with Gasteiger partial charge in [0, 0.05) is 38.9 Å². The van der Waals surface area contributed by atoms with Crippen LogP contribution in [0.1, 0.15) is 50.3 Å². The summed E-state index contributed by atoms with van der Waals surface area (Å²) in [5.41, 5.74) is 3.23. The molecule has 0 saturated carbocycles. The summed E-state index contributed by atoms with van der Waals surface area (Å²) in [5.74, 6) is 1.64. The van der Waals surface area contributed by atoms with Crippen LogP contribution >= 0.6 is 24.0 Å². The van der Waals surface area contributed by atoms with Crippen LogP contribution in [0.2, 0.25) is 0 Å². The molecule has 2 aromatic rings. The Morgan fingerprint density at radius 2 is 1.70 bits per heavy atom. The van der Waals surface area contributed by atoms with Gasteiger partial charge in [-0.3, -0.25) is 4.99 Å². The molecular formula is C26H38IN3O3. The van der Waals surface area contributed by atoms with E-state index in [0.29, 0.717) is 25.8 Å². The summed E-state index contributed by atoms with van der Waals surface area (Å²) in [7, 11) is 1.78. The highest BCUT2D eigenvalue weighted by molar-refractivity contribution is 14.0. The summed E-state index contributed by atoms with van der Waals surface area (Å²) in [6.07, 6.45) is 2.26. The second-order valence-corrected chi connectivity index (χ2v) is 9.04. The number of para-hydroxylation sites is 1. The van der Waals surface area contributed by atoms with Gasteiger partial charge in [0.05, 0.1) is 12.7 Å². The van der Waals surface area contributed by atoms with Gasteiger partial charge < -0.3 is 24.8 Å². The maximum absolute atomic E-state index is 6.09. The molecule has 0 aliphatic carbocycles. The summed E-state index contributed by atoms with van der Waals surface area (Å²) in [6.45, 7) is 9.72. The first-order chi connectivity index (χ1) is 15.4. The molecule has 0 spiro atoms. The van der Waals surface area contributed by atoms with E-state index in [1.807, 2.05) is 18.2 Å². The third-order valence-corrected chi connectivity index (χ3v) is 5.16. The second kappa shape index (κ2) is 13.8. The van der Waals surface area contributed by atoms with Gasteiger partial charge in [0.25, 0.3) is 0 Å². The molecule has 0 atom stereocenters. The summed E-state index contributed by atoms with van der Waals surface area (Å²) in [4.78, 5) is 4.36. The van der Waals surface area contributed by atoms with Crippen molar-refractivity contribution >= 4 is 29.9 Å². The lowest BCUT2D eigenvalue weighted by Crippen LogP contribution is -2.36. The zero-order valence-electron chi connectivity index (χ0n) is 20.2. The molecule has 1 saturated heterocycles. The number of hydrogen-bond donors (Lipinski definition) is 2. The molecule has 1 aliphatic heterocycles. The van der Waals surface area contributed by atoms with E-state index >= 15 is 0 Å². The number of rotatable bonds is 8. The van der Waals surface area contributed by atoms with Crippen molar-refractivity contribution in [1.29, 1.82) is 0 Å². The molecule has 33 heavy (non-hydrogen) atoms. The number of hydrogen-bond acceptors (Lipinski definition) is 4. The standard InChI is InChI=1S/C26H37N3O3.HI/c1-26(2,3)32-24-11-6-5-10-22(24)18-29-25(27-4)28-17-20-8-7-9-21(16-20)19-31-23-12-14-30-15-13-23;/h5-11,16,23H,12-15,17-19H2,1-4H3,(H2,27,28,29);1H. The summed E-state index contributed by atoms with van der Waals surface area (Å²) in [5, 5.41) is 6.78. The van der Waals surface area contributed by atoms with Crippen molar-refractivity contribution in [1.82, 2.24) is 10.6 Å². The van der Waals surface area contributed by atoms with Gasteiger partial charge in [-0.25, -0.2) is 0 Å². The molecule has 0 unspecified atom stereocenters. The third kappa shape index (κ3) is 9.90. The fraction of sp³-hybridized carbons (Fsp3) is 0.500. The quantitative estimate of drug-likeness (QED) is 0.266. The summed E-state index contributed by atoms with van der Waals surface area (Å²) < 4.78 is 17.5. The van der Waals surface area contributed by atoms with Gasteiger partial charge in [-0.2, -0.15) is 0 Å². The van der Waals surface area contributed by atoms with Crippen LogP contribution in [0.5, 0.6) is 5.75 Å². The normalized spacial score (nSPS) is 15.0. The minimum Gasteiger partial charge on any atom is -0.488 e. The number of guanidine groups is 1. The van der Waals surface area contributed by atoms with E-state index in [-0.39, 0.29) is 29.6 Å². The number of aliphatic imine (C=N–C) groups is 1. The minimum absolute atomic E-state index is 0. The molecule has 1 aliphatic rings. The van der Waals surface area contributed by atoms with Crippen LogP contribution in [-0.2, 0) is 29.2 Å². The van der Waals surface area contributed by atoms with Crippen LogP contribution < -0.4 is 15.4 Å². The molecular weight excluding hydrogens is 529 g/mol. The SMILES string of the molecule is CN=C(NCc1cccc(COC2CCOCC2)c1)NCc1ccccc1OC(C)(C)C.I. The molecule has 0 amide bonds. The highest BCUT2D eigenvalue weighted by Gasteiger charge is 2.15. The van der Waals surface area contributed by atoms with Crippen molar-refractivity contribution in [3.05, 3.63) is 65.2 Å². The Morgan fingerprint density at radius 3 is 2.42 bits per heavy atom. The number of benzene rings is 2. The Hall–Kier alpha value is -1.84. The van der Waals surface area contributed by atoms with Crippen LogP contribution in [0.25, 0.3) is 0 Å². The average molecular weight is 568 g/mol. The van der Waals surface area contributed by atoms with Crippen molar-refractivity contribution in [3.63, 3.8) is 0 Å². The minimum atomic E-state index is -0.241. The average Bonchev–Trinajstić information content (AvgIpc) is 2.79. The molecule has 182 valence electrons. The fourth-order valence-corrected chi connectivity index (χ4v) is 3.55. The van der Waals surface area contributed by atoms with Crippen LogP contribution in [0, 0.1) is 0 Å². The van der Waals surface area contributed by atoms with Crippen molar-refractivity contribution < 1.29 is 14.2 Å². The Balaban J connectivity index is 0.00000385. The number of nitrogens with one attached hydrogen (secondary N) is 2. The smallest absolute Gasteiger partial charge is 0.191 e. The van der Waals surface area contributed by atoms with Gasteiger partial charge in [-0.15, -0.1) is 24.0 Å². The van der Waals surface area contributed by atoms with E-state index in [4.69, 9.17) is 14.2 Å². The van der Waals surface area contributed by atoms with Crippen molar-refractivity contribution in [3.8, 4) is 5.75 Å². The Bertz CT molecular complexity index is 877. The van der Waals surface area contributed by atoms with E-state index in [2.05, 4.69) is 66.7 Å². The molecule has 1 heterocycles. The zero-order chi connectivity index (χ0) is 22.8. The van der Waals surface area contributed by atoms with Gasteiger partial charge in [-0.05, 0) is 50.8 Å². The molecule has 0 radical (unpaired) electrons. The number of nitrogens with zero attached hydrogens (tertiary/aromatic N) is 1. The first-order valence-corrected chi connectivity index (χ1v) is 11.4. The molecule has 6 nitrogen and oxygen atoms in total. The van der Waals surface area contributed by atoms with Crippen molar-refractivity contribution in [2.45, 2.75) is 65.0 Å². The van der Waals surface area contributed by atoms with Gasteiger partial charge >= 0.3 is 0 Å². The van der Waals surface area contributed by atoms with E-state index in [0.717, 1.165) is 43.3 Å². The molecule has 7 heteroatoms. The van der Waals surface area contributed by atoms with Gasteiger partial charge in [0.15, 0.2) is 5.96 Å². The van der Waals surface area contributed by atoms with E-state index < -0.39 is 0 Å². The van der Waals surface area contributed by atoms with E-state index in [1.165, 1.54) is 11.1 Å². The van der Waals surface area contributed by atoms with Crippen LogP contribution in [0.3, 0.4) is 0 Å². The predicted molar refractivity (Wildman–Crippen MR) is 144 cm³/mol. The largest absolute Gasteiger partial charge is 0.488 e. The Morgan fingerprint density at radius 1 is 1.00 bits per heavy atom. The highest BCUT2D eigenvalue weighted by Crippen LogP contribution is 2.22. The van der Waals surface area contributed by atoms with Crippen LogP contribution in [-0.4, -0.2) is 37.9 Å². The number of ether oxygens (including phenoxy) is 3. The lowest BCUT2D eigenvalue weighted by Gasteiger charge is -2.23. The molecule has 2 aromatic carbocycles. The molecule has 0 bridgehead atoms. The monoisotopic (exact) mass is 567 g/mol. The Labute approximate surface area is 215 Å². The highest BCUT2D eigenvalue weighted by atomic mass is 127. The van der Waals surface area contributed by atoms with Crippen molar-refractivity contribution in [2.75, 3.05) is 20.3 Å². The third-order valence-electron chi connectivity index (χ3n) is 5.16. The second-order valence-electron chi connectivity index (χ2n) is 9.04. The van der Waals surface area contributed by atoms with E-state index in [1.54, 1.807) is 7.05 Å². The maximum atomic E-state index is 6.09. The van der Waals surface area contributed by atoms with Crippen LogP contribution in [0.4, 0.5) is 0 Å². The maximum Gasteiger partial charge on any atom is 0.191 e. The van der Waals surface area contributed by atoms with Gasteiger partial charge in [0.2, 0.25) is 0 Å². The topological polar surface area (TPSA) is 64.1 Å². The van der Waals surface area contributed by atoms with E-state index in [9.17, 15) is 0 Å². The fourth-order valence-electron chi connectivity index (χ4n) is 3.55. The van der Waals surface area contributed by atoms with Gasteiger partial charge in [-0.1, -0.05) is 42.5 Å². The summed E-state index contributed by atoms with van der Waals surface area (Å²) in [6, 6.07) is 16.6. The number of halogens is 1. The molecule has 0 aromatic heterocycles. The first kappa shape index (κ1) is 27.4. The van der Waals surface area contributed by atoms with Gasteiger partial charge in [0.1, 0.15) is 11.4 Å². The van der Waals surface area contributed by atoms with Crippen LogP contribution in [0.15, 0.2) is 53.5 Å². The predicted octanol–water partition coefficient (Wildman–Crippen LogP) is 5.04. The lowest BCUT2D eigenvalue weighted by molar-refractivity contribution is -0.0390. The summed E-state index contributed by atoms with van der Waals surface area (Å²) >= 11 is 0.